The van der Waals surface area contributed by atoms with Crippen LogP contribution in [-0.2, 0) is 11.8 Å². The van der Waals surface area contributed by atoms with E-state index in [1.54, 1.807) is 29.0 Å². The summed E-state index contributed by atoms with van der Waals surface area (Å²) in [6.07, 6.45) is 0.224. The van der Waals surface area contributed by atoms with Gasteiger partial charge >= 0.3 is 5.97 Å². The highest BCUT2D eigenvalue weighted by molar-refractivity contribution is 7.08. The van der Waals surface area contributed by atoms with Gasteiger partial charge in [0, 0.05) is 24.7 Å². The Balaban J connectivity index is 2.26. The summed E-state index contributed by atoms with van der Waals surface area (Å²) in [7, 11) is 1.74. The standard InChI is InChI=1S/C14H13NO3S/c1-8-5-11-13(14(17)15(8)2)10(6-12(16)18-11)9-3-4-19-7-9/h3-5,7,10H,6H2,1-2H3/t10-/m1/s1. The van der Waals surface area contributed by atoms with Crippen LogP contribution in [0.1, 0.15) is 29.2 Å². The Kier molecular flexibility index (Phi) is 2.78. The zero-order chi connectivity index (χ0) is 13.6. The Bertz CT molecular complexity index is 700. The normalized spacial score (nSPS) is 18.0. The Labute approximate surface area is 114 Å². The van der Waals surface area contributed by atoms with E-state index in [4.69, 9.17) is 4.74 Å². The number of aryl methyl sites for hydroxylation is 1. The van der Waals surface area contributed by atoms with E-state index >= 15 is 0 Å². The smallest absolute Gasteiger partial charge is 0.312 e. The van der Waals surface area contributed by atoms with E-state index in [-0.39, 0.29) is 23.9 Å². The molecule has 19 heavy (non-hydrogen) atoms. The van der Waals surface area contributed by atoms with Crippen LogP contribution in [0, 0.1) is 6.92 Å². The molecule has 4 nitrogen and oxygen atoms in total. The van der Waals surface area contributed by atoms with Crippen LogP contribution in [0.2, 0.25) is 0 Å². The third-order valence-corrected chi connectivity index (χ3v) is 4.26. The van der Waals surface area contributed by atoms with Gasteiger partial charge < -0.3 is 9.30 Å². The molecule has 2 aromatic heterocycles. The average molecular weight is 275 g/mol. The maximum absolute atomic E-state index is 12.4. The largest absolute Gasteiger partial charge is 0.426 e. The number of fused-ring (bicyclic) bond motifs is 1. The van der Waals surface area contributed by atoms with Crippen molar-refractivity contribution in [1.29, 1.82) is 0 Å². The number of carbonyl (C=O) groups excluding carboxylic acids is 1. The first-order valence-electron chi connectivity index (χ1n) is 6.01. The van der Waals surface area contributed by atoms with Gasteiger partial charge in [0.05, 0.1) is 12.0 Å². The highest BCUT2D eigenvalue weighted by atomic mass is 32.1. The van der Waals surface area contributed by atoms with Crippen molar-refractivity contribution in [3.05, 3.63) is 50.1 Å². The summed E-state index contributed by atoms with van der Waals surface area (Å²) < 4.78 is 6.82. The van der Waals surface area contributed by atoms with Crippen LogP contribution in [0.15, 0.2) is 27.7 Å². The predicted molar refractivity (Wildman–Crippen MR) is 72.8 cm³/mol. The van der Waals surface area contributed by atoms with Crippen LogP contribution >= 0.6 is 11.3 Å². The van der Waals surface area contributed by atoms with Gasteiger partial charge in [-0.1, -0.05) is 0 Å². The SMILES string of the molecule is Cc1cc2c(c(=O)n1C)[C@@H](c1ccsc1)CC(=O)O2. The van der Waals surface area contributed by atoms with Gasteiger partial charge in [0.15, 0.2) is 0 Å². The lowest BCUT2D eigenvalue weighted by Crippen LogP contribution is -2.31. The molecule has 0 saturated heterocycles. The van der Waals surface area contributed by atoms with Crippen molar-refractivity contribution >= 4 is 17.3 Å². The van der Waals surface area contributed by atoms with E-state index in [0.717, 1.165) is 11.3 Å². The summed E-state index contributed by atoms with van der Waals surface area (Å²) >= 11 is 1.56. The molecule has 0 aromatic carbocycles. The summed E-state index contributed by atoms with van der Waals surface area (Å²) in [6, 6.07) is 3.71. The molecule has 5 heteroatoms. The van der Waals surface area contributed by atoms with Crippen molar-refractivity contribution < 1.29 is 9.53 Å². The quantitative estimate of drug-likeness (QED) is 0.750. The third-order valence-electron chi connectivity index (χ3n) is 3.56. The number of hydrogen-bond acceptors (Lipinski definition) is 4. The number of esters is 1. The highest BCUT2D eigenvalue weighted by Crippen LogP contribution is 2.37. The van der Waals surface area contributed by atoms with E-state index in [1.807, 2.05) is 23.8 Å². The molecular weight excluding hydrogens is 262 g/mol. The second-order valence-electron chi connectivity index (χ2n) is 4.72. The molecule has 0 fully saturated rings. The summed E-state index contributed by atoms with van der Waals surface area (Å²) in [6.45, 7) is 1.82. The molecule has 0 amide bonds. The van der Waals surface area contributed by atoms with E-state index < -0.39 is 0 Å². The van der Waals surface area contributed by atoms with E-state index in [0.29, 0.717) is 11.3 Å². The molecule has 3 rings (SSSR count). The van der Waals surface area contributed by atoms with Crippen molar-refractivity contribution in [1.82, 2.24) is 4.57 Å². The number of pyridine rings is 1. The van der Waals surface area contributed by atoms with Gasteiger partial charge in [-0.05, 0) is 29.3 Å². The fraction of sp³-hybridized carbons (Fsp3) is 0.286. The van der Waals surface area contributed by atoms with Crippen LogP contribution in [0.4, 0.5) is 0 Å². The monoisotopic (exact) mass is 275 g/mol. The first-order chi connectivity index (χ1) is 9.08. The van der Waals surface area contributed by atoms with Gasteiger partial charge in [-0.2, -0.15) is 11.3 Å². The Hall–Kier alpha value is -1.88. The van der Waals surface area contributed by atoms with Crippen molar-refractivity contribution in [3.63, 3.8) is 0 Å². The van der Waals surface area contributed by atoms with Crippen molar-refractivity contribution in [2.45, 2.75) is 19.3 Å². The second-order valence-corrected chi connectivity index (χ2v) is 5.50. The Morgan fingerprint density at radius 3 is 2.89 bits per heavy atom. The van der Waals surface area contributed by atoms with E-state index in [1.165, 1.54) is 0 Å². The maximum atomic E-state index is 12.4. The molecule has 1 atom stereocenters. The van der Waals surface area contributed by atoms with Gasteiger partial charge in [-0.3, -0.25) is 9.59 Å². The topological polar surface area (TPSA) is 48.3 Å². The third kappa shape index (κ3) is 1.90. The van der Waals surface area contributed by atoms with Gasteiger partial charge in [0.1, 0.15) is 5.75 Å². The molecule has 0 N–H and O–H groups in total. The number of thiophene rings is 1. The first-order valence-corrected chi connectivity index (χ1v) is 6.95. The van der Waals surface area contributed by atoms with Crippen molar-refractivity contribution in [2.75, 3.05) is 0 Å². The minimum absolute atomic E-state index is 0.0845. The van der Waals surface area contributed by atoms with Crippen LogP contribution in [0.5, 0.6) is 5.75 Å². The molecule has 0 saturated carbocycles. The van der Waals surface area contributed by atoms with Crippen molar-refractivity contribution in [2.24, 2.45) is 7.05 Å². The van der Waals surface area contributed by atoms with Crippen LogP contribution in [0.25, 0.3) is 0 Å². The van der Waals surface area contributed by atoms with Crippen LogP contribution < -0.4 is 10.3 Å². The molecule has 1 aliphatic rings. The van der Waals surface area contributed by atoms with Gasteiger partial charge in [0.2, 0.25) is 0 Å². The fourth-order valence-corrected chi connectivity index (χ4v) is 3.12. The molecule has 0 bridgehead atoms. The minimum Gasteiger partial charge on any atom is -0.426 e. The number of hydrogen-bond donors (Lipinski definition) is 0. The lowest BCUT2D eigenvalue weighted by Gasteiger charge is -2.24. The van der Waals surface area contributed by atoms with Gasteiger partial charge in [-0.25, -0.2) is 0 Å². The zero-order valence-electron chi connectivity index (χ0n) is 10.7. The van der Waals surface area contributed by atoms with E-state index in [9.17, 15) is 9.59 Å². The number of nitrogens with zero attached hydrogens (tertiary/aromatic N) is 1. The Morgan fingerprint density at radius 1 is 1.42 bits per heavy atom. The Morgan fingerprint density at radius 2 is 2.21 bits per heavy atom. The molecule has 0 aliphatic carbocycles. The molecule has 0 spiro atoms. The fourth-order valence-electron chi connectivity index (χ4n) is 2.41. The average Bonchev–Trinajstić information content (AvgIpc) is 2.88. The number of rotatable bonds is 1. The molecule has 3 heterocycles. The van der Waals surface area contributed by atoms with Gasteiger partial charge in [-0.15, -0.1) is 0 Å². The summed E-state index contributed by atoms with van der Waals surface area (Å²) in [5.41, 5.74) is 2.29. The summed E-state index contributed by atoms with van der Waals surface area (Å²) in [5.74, 6) is -0.0637. The first kappa shape index (κ1) is 12.2. The number of carbonyl (C=O) groups is 1. The van der Waals surface area contributed by atoms with Crippen LogP contribution in [0.3, 0.4) is 0 Å². The molecular formula is C14H13NO3S. The number of aromatic nitrogens is 1. The zero-order valence-corrected chi connectivity index (χ0v) is 11.5. The molecule has 2 aromatic rings. The minimum atomic E-state index is -0.281. The predicted octanol–water partition coefficient (Wildman–Crippen LogP) is 2.20. The summed E-state index contributed by atoms with van der Waals surface area (Å²) in [5, 5.41) is 3.93. The van der Waals surface area contributed by atoms with Crippen LogP contribution in [-0.4, -0.2) is 10.5 Å². The number of ether oxygens (including phenoxy) is 1. The molecule has 0 unspecified atom stereocenters. The maximum Gasteiger partial charge on any atom is 0.312 e. The highest BCUT2D eigenvalue weighted by Gasteiger charge is 2.32. The van der Waals surface area contributed by atoms with E-state index in [2.05, 4.69) is 0 Å². The lowest BCUT2D eigenvalue weighted by atomic mass is 9.88. The second kappa shape index (κ2) is 4.35. The molecule has 1 aliphatic heterocycles. The molecule has 98 valence electrons. The summed E-state index contributed by atoms with van der Waals surface area (Å²) in [4.78, 5) is 24.1. The molecule has 0 radical (unpaired) electrons. The van der Waals surface area contributed by atoms with Crippen molar-refractivity contribution in [3.8, 4) is 5.75 Å². The van der Waals surface area contributed by atoms with Gasteiger partial charge in [0.25, 0.3) is 5.56 Å². The lowest BCUT2D eigenvalue weighted by molar-refractivity contribution is -0.135.